The van der Waals surface area contributed by atoms with E-state index in [0.29, 0.717) is 10.9 Å². The van der Waals surface area contributed by atoms with E-state index in [-0.39, 0.29) is 17.7 Å². The Bertz CT molecular complexity index is 668. The molecule has 0 N–H and O–H groups in total. The smallest absolute Gasteiger partial charge is 0.293 e. The fraction of sp³-hybridized carbons (Fsp3) is 0.375. The van der Waals surface area contributed by atoms with Crippen molar-refractivity contribution in [3.63, 3.8) is 0 Å². The molecule has 0 aromatic carbocycles. The van der Waals surface area contributed by atoms with E-state index in [1.54, 1.807) is 6.08 Å². The average molecular weight is 302 g/mol. The maximum Gasteiger partial charge on any atom is 0.293 e. The number of amides is 2. The molecule has 0 unspecified atom stereocenters. The SMILES string of the molecule is C=CCN1C(=O)S/C(=C\c2cc(C)n(C3CC3)c2C)C1=O. The van der Waals surface area contributed by atoms with Crippen LogP contribution in [0.5, 0.6) is 0 Å². The predicted octanol–water partition coefficient (Wildman–Crippen LogP) is 3.66. The van der Waals surface area contributed by atoms with E-state index in [1.807, 2.05) is 6.08 Å². The van der Waals surface area contributed by atoms with Gasteiger partial charge in [0, 0.05) is 24.0 Å². The van der Waals surface area contributed by atoms with Gasteiger partial charge in [-0.1, -0.05) is 6.08 Å². The zero-order chi connectivity index (χ0) is 15.1. The molecule has 2 fully saturated rings. The number of aryl methyl sites for hydroxylation is 1. The first-order valence-electron chi connectivity index (χ1n) is 7.07. The van der Waals surface area contributed by atoms with Crippen LogP contribution in [-0.4, -0.2) is 27.2 Å². The Labute approximate surface area is 128 Å². The maximum atomic E-state index is 12.2. The van der Waals surface area contributed by atoms with Crippen molar-refractivity contribution in [3.8, 4) is 0 Å². The maximum absolute atomic E-state index is 12.2. The molecule has 5 heteroatoms. The first-order valence-corrected chi connectivity index (χ1v) is 7.89. The van der Waals surface area contributed by atoms with E-state index < -0.39 is 0 Å². The quantitative estimate of drug-likeness (QED) is 0.629. The van der Waals surface area contributed by atoms with Gasteiger partial charge in [0.25, 0.3) is 11.1 Å². The van der Waals surface area contributed by atoms with Gasteiger partial charge in [0.05, 0.1) is 4.91 Å². The summed E-state index contributed by atoms with van der Waals surface area (Å²) in [7, 11) is 0. The fourth-order valence-electron chi connectivity index (χ4n) is 2.77. The normalized spacial score (nSPS) is 20.7. The molecule has 1 aliphatic carbocycles. The summed E-state index contributed by atoms with van der Waals surface area (Å²) in [6.07, 6.45) is 5.87. The van der Waals surface area contributed by atoms with Crippen molar-refractivity contribution in [2.24, 2.45) is 0 Å². The number of hydrogen-bond acceptors (Lipinski definition) is 3. The van der Waals surface area contributed by atoms with E-state index in [0.717, 1.165) is 17.3 Å². The zero-order valence-electron chi connectivity index (χ0n) is 12.3. The summed E-state index contributed by atoms with van der Waals surface area (Å²) < 4.78 is 2.33. The zero-order valence-corrected chi connectivity index (χ0v) is 13.1. The van der Waals surface area contributed by atoms with Gasteiger partial charge in [-0.25, -0.2) is 0 Å². The van der Waals surface area contributed by atoms with Crippen LogP contribution in [0.25, 0.3) is 6.08 Å². The third-order valence-electron chi connectivity index (χ3n) is 3.91. The summed E-state index contributed by atoms with van der Waals surface area (Å²) in [5.41, 5.74) is 3.42. The molecule has 1 aromatic heterocycles. The Kier molecular flexibility index (Phi) is 3.53. The highest BCUT2D eigenvalue weighted by Gasteiger charge is 2.34. The second-order valence-electron chi connectivity index (χ2n) is 5.51. The number of carbonyl (C=O) groups excluding carboxylic acids is 2. The lowest BCUT2D eigenvalue weighted by molar-refractivity contribution is -0.122. The Morgan fingerprint density at radius 1 is 1.38 bits per heavy atom. The number of rotatable bonds is 4. The van der Waals surface area contributed by atoms with Crippen LogP contribution in [0.15, 0.2) is 23.6 Å². The average Bonchev–Trinajstić information content (AvgIpc) is 3.17. The molecule has 1 saturated carbocycles. The summed E-state index contributed by atoms with van der Waals surface area (Å²) in [5, 5.41) is -0.220. The Morgan fingerprint density at radius 2 is 2.10 bits per heavy atom. The predicted molar refractivity (Wildman–Crippen MR) is 85.1 cm³/mol. The van der Waals surface area contributed by atoms with E-state index in [9.17, 15) is 9.59 Å². The molecule has 2 heterocycles. The van der Waals surface area contributed by atoms with Crippen LogP contribution >= 0.6 is 11.8 Å². The van der Waals surface area contributed by atoms with Crippen LogP contribution in [0.3, 0.4) is 0 Å². The second-order valence-corrected chi connectivity index (χ2v) is 6.50. The van der Waals surface area contributed by atoms with Gasteiger partial charge in [-0.3, -0.25) is 14.5 Å². The van der Waals surface area contributed by atoms with Crippen molar-refractivity contribution >= 4 is 29.0 Å². The lowest BCUT2D eigenvalue weighted by Gasteiger charge is -2.08. The van der Waals surface area contributed by atoms with Gasteiger partial charge in [0.1, 0.15) is 0 Å². The molecule has 0 atom stereocenters. The summed E-state index contributed by atoms with van der Waals surface area (Å²) >= 11 is 1.01. The first kappa shape index (κ1) is 14.2. The van der Waals surface area contributed by atoms with Crippen LogP contribution < -0.4 is 0 Å². The highest BCUT2D eigenvalue weighted by atomic mass is 32.2. The van der Waals surface area contributed by atoms with E-state index in [4.69, 9.17) is 0 Å². The monoisotopic (exact) mass is 302 g/mol. The van der Waals surface area contributed by atoms with Gasteiger partial charge in [-0.2, -0.15) is 0 Å². The van der Waals surface area contributed by atoms with Gasteiger partial charge >= 0.3 is 0 Å². The molecule has 1 saturated heterocycles. The Morgan fingerprint density at radius 3 is 2.71 bits per heavy atom. The molecular formula is C16H18N2O2S. The summed E-state index contributed by atoms with van der Waals surface area (Å²) in [4.78, 5) is 25.8. The molecule has 21 heavy (non-hydrogen) atoms. The Balaban J connectivity index is 1.92. The number of hydrogen-bond donors (Lipinski definition) is 0. The van der Waals surface area contributed by atoms with Crippen LogP contribution in [0.4, 0.5) is 4.79 Å². The van der Waals surface area contributed by atoms with Crippen LogP contribution in [0.2, 0.25) is 0 Å². The molecule has 110 valence electrons. The molecule has 2 aliphatic rings. The number of aromatic nitrogens is 1. The molecule has 2 amide bonds. The van der Waals surface area contributed by atoms with E-state index in [1.165, 1.54) is 29.1 Å². The van der Waals surface area contributed by atoms with Crippen LogP contribution in [0, 0.1) is 13.8 Å². The van der Waals surface area contributed by atoms with Crippen molar-refractivity contribution in [1.82, 2.24) is 9.47 Å². The van der Waals surface area contributed by atoms with Gasteiger partial charge in [0.2, 0.25) is 0 Å². The third kappa shape index (κ3) is 2.46. The molecule has 3 rings (SSSR count). The largest absolute Gasteiger partial charge is 0.346 e. The molecule has 4 nitrogen and oxygen atoms in total. The van der Waals surface area contributed by atoms with Gasteiger partial charge in [-0.15, -0.1) is 6.58 Å². The highest BCUT2D eigenvalue weighted by Crippen LogP contribution is 2.39. The number of imide groups is 1. The lowest BCUT2D eigenvalue weighted by Crippen LogP contribution is -2.27. The summed E-state index contributed by atoms with van der Waals surface area (Å²) in [5.74, 6) is -0.221. The number of nitrogens with zero attached hydrogens (tertiary/aromatic N) is 2. The van der Waals surface area contributed by atoms with Gasteiger partial charge in [-0.05, 0) is 56.2 Å². The molecular weight excluding hydrogens is 284 g/mol. The van der Waals surface area contributed by atoms with Crippen molar-refractivity contribution in [2.45, 2.75) is 32.7 Å². The molecule has 1 aliphatic heterocycles. The van der Waals surface area contributed by atoms with Crippen LogP contribution in [-0.2, 0) is 4.79 Å². The van der Waals surface area contributed by atoms with Crippen molar-refractivity contribution in [2.75, 3.05) is 6.54 Å². The number of carbonyl (C=O) groups is 2. The lowest BCUT2D eigenvalue weighted by atomic mass is 10.2. The molecule has 1 aromatic rings. The second kappa shape index (κ2) is 5.22. The minimum absolute atomic E-state index is 0.220. The van der Waals surface area contributed by atoms with E-state index in [2.05, 4.69) is 31.1 Å². The number of thioether (sulfide) groups is 1. The van der Waals surface area contributed by atoms with Gasteiger partial charge < -0.3 is 4.57 Å². The fourth-order valence-corrected chi connectivity index (χ4v) is 3.61. The van der Waals surface area contributed by atoms with Crippen molar-refractivity contribution in [3.05, 3.63) is 40.6 Å². The minimum Gasteiger partial charge on any atom is -0.346 e. The molecule has 0 bridgehead atoms. The standard InChI is InChI=1S/C16H18N2O2S/c1-4-7-17-15(19)14(21-16(17)20)9-12-8-10(2)18(11(12)3)13-5-6-13/h4,8-9,13H,1,5-7H2,2-3H3/b14-9-. The van der Waals surface area contributed by atoms with Crippen LogP contribution in [0.1, 0.15) is 35.8 Å². The summed E-state index contributed by atoms with van der Waals surface area (Å²) in [6, 6.07) is 2.71. The summed E-state index contributed by atoms with van der Waals surface area (Å²) in [6.45, 7) is 8.01. The van der Waals surface area contributed by atoms with Crippen molar-refractivity contribution in [1.29, 1.82) is 0 Å². The molecule has 0 radical (unpaired) electrons. The van der Waals surface area contributed by atoms with Crippen molar-refractivity contribution < 1.29 is 9.59 Å². The third-order valence-corrected chi connectivity index (χ3v) is 4.81. The first-order chi connectivity index (χ1) is 10.0. The minimum atomic E-state index is -0.221. The molecule has 0 spiro atoms. The highest BCUT2D eigenvalue weighted by molar-refractivity contribution is 8.18. The van der Waals surface area contributed by atoms with E-state index >= 15 is 0 Å². The Hall–Kier alpha value is -1.75. The topological polar surface area (TPSA) is 42.3 Å². The van der Waals surface area contributed by atoms with Gasteiger partial charge in [0.15, 0.2) is 0 Å².